The Labute approximate surface area is 124 Å². The fourth-order valence-corrected chi connectivity index (χ4v) is 2.91. The summed E-state index contributed by atoms with van der Waals surface area (Å²) >= 11 is 0. The monoisotopic (exact) mass is 294 g/mol. The minimum atomic E-state index is -0.418. The van der Waals surface area contributed by atoms with Crippen LogP contribution in [0.2, 0.25) is 0 Å². The molecule has 1 aromatic rings. The van der Waals surface area contributed by atoms with Gasteiger partial charge in [-0.25, -0.2) is 0 Å². The van der Waals surface area contributed by atoms with Gasteiger partial charge in [0.15, 0.2) is 6.10 Å². The van der Waals surface area contributed by atoms with Crippen LogP contribution in [0.1, 0.15) is 25.0 Å². The molecule has 5 nitrogen and oxygen atoms in total. The Hall–Kier alpha value is -1.14. The van der Waals surface area contributed by atoms with Crippen LogP contribution >= 0.6 is 0 Å². The van der Waals surface area contributed by atoms with Gasteiger partial charge in [0.25, 0.3) is 0 Å². The van der Waals surface area contributed by atoms with Crippen LogP contribution in [0.3, 0.4) is 0 Å². The molecule has 21 heavy (non-hydrogen) atoms. The van der Waals surface area contributed by atoms with E-state index < -0.39 is 6.10 Å². The van der Waals surface area contributed by atoms with E-state index in [1.54, 1.807) is 7.11 Å². The number of aliphatic hydroxyl groups is 1. The maximum atomic E-state index is 9.79. The molecular weight excluding hydrogens is 272 g/mol. The molecule has 0 amide bonds. The minimum absolute atomic E-state index is 0.00863. The van der Waals surface area contributed by atoms with Gasteiger partial charge in [-0.15, -0.1) is 0 Å². The summed E-state index contributed by atoms with van der Waals surface area (Å²) in [6, 6.07) is 7.54. The van der Waals surface area contributed by atoms with E-state index >= 15 is 0 Å². The fraction of sp³-hybridized carbons (Fsp3) is 0.625. The van der Waals surface area contributed by atoms with Crippen molar-refractivity contribution in [2.24, 2.45) is 0 Å². The number of hydrogen-bond donors (Lipinski definition) is 1. The highest BCUT2D eigenvalue weighted by Gasteiger charge is 2.49. The Morgan fingerprint density at radius 1 is 1.14 bits per heavy atom. The van der Waals surface area contributed by atoms with Gasteiger partial charge in [0.1, 0.15) is 24.1 Å². The van der Waals surface area contributed by atoms with Crippen molar-refractivity contribution in [2.45, 2.75) is 43.9 Å². The normalized spacial score (nSPS) is 32.9. The first-order valence-electron chi connectivity index (χ1n) is 7.43. The summed E-state index contributed by atoms with van der Waals surface area (Å²) in [6.45, 7) is 3.01. The molecular formula is C16H22O5. The van der Waals surface area contributed by atoms with Gasteiger partial charge in [0.05, 0.1) is 19.3 Å². The number of hydrogen-bond acceptors (Lipinski definition) is 5. The van der Waals surface area contributed by atoms with E-state index in [-0.39, 0.29) is 24.4 Å². The number of benzene rings is 1. The van der Waals surface area contributed by atoms with E-state index in [1.807, 2.05) is 31.2 Å². The highest BCUT2D eigenvalue weighted by molar-refractivity contribution is 5.29. The van der Waals surface area contributed by atoms with Crippen LogP contribution in [0, 0.1) is 0 Å². The second-order valence-corrected chi connectivity index (χ2v) is 5.52. The van der Waals surface area contributed by atoms with Crippen LogP contribution in [0.4, 0.5) is 0 Å². The summed E-state index contributed by atoms with van der Waals surface area (Å²) in [7, 11) is 1.67. The predicted octanol–water partition coefficient (Wildman–Crippen LogP) is 1.69. The molecule has 2 fully saturated rings. The molecule has 116 valence electrons. The Balaban J connectivity index is 1.62. The highest BCUT2D eigenvalue weighted by Crippen LogP contribution is 2.31. The van der Waals surface area contributed by atoms with E-state index in [4.69, 9.17) is 18.9 Å². The summed E-state index contributed by atoms with van der Waals surface area (Å²) in [4.78, 5) is 0. The zero-order valence-corrected chi connectivity index (χ0v) is 12.4. The lowest BCUT2D eigenvalue weighted by Crippen LogP contribution is -2.35. The van der Waals surface area contributed by atoms with Crippen molar-refractivity contribution in [3.8, 4) is 5.75 Å². The Morgan fingerprint density at radius 3 is 2.38 bits per heavy atom. The molecule has 5 heteroatoms. The van der Waals surface area contributed by atoms with Gasteiger partial charge in [0, 0.05) is 7.11 Å². The van der Waals surface area contributed by atoms with Gasteiger partial charge in [-0.05, 0) is 24.1 Å². The summed E-state index contributed by atoms with van der Waals surface area (Å²) in [5.74, 6) is 0.765. The second-order valence-electron chi connectivity index (χ2n) is 5.52. The van der Waals surface area contributed by atoms with Crippen molar-refractivity contribution in [3.05, 3.63) is 29.8 Å². The Kier molecular flexibility index (Phi) is 4.45. The first-order valence-corrected chi connectivity index (χ1v) is 7.43. The molecule has 0 spiro atoms. The van der Waals surface area contributed by atoms with Crippen molar-refractivity contribution >= 4 is 0 Å². The van der Waals surface area contributed by atoms with Crippen molar-refractivity contribution in [3.63, 3.8) is 0 Å². The van der Waals surface area contributed by atoms with Crippen molar-refractivity contribution in [1.29, 1.82) is 0 Å². The first kappa shape index (κ1) is 14.8. The molecule has 5 atom stereocenters. The molecule has 0 aliphatic carbocycles. The zero-order chi connectivity index (χ0) is 14.8. The third-order valence-electron chi connectivity index (χ3n) is 4.20. The summed E-state index contributed by atoms with van der Waals surface area (Å²) in [6.07, 6.45) is 0.0471. The molecule has 2 aliphatic rings. The standard InChI is InChI=1S/C16H22O5/c1-3-12(17)10-4-6-11(7-5-10)21-14-9-20-15-13(18-2)8-19-16(14)15/h4-7,12-17H,3,8-9H2,1-2H3/t12?,13-,14-,15-,16-/m1/s1. The van der Waals surface area contributed by atoms with Crippen LogP contribution in [-0.4, -0.2) is 49.8 Å². The number of aliphatic hydroxyl groups excluding tert-OH is 1. The van der Waals surface area contributed by atoms with E-state index in [0.717, 1.165) is 11.3 Å². The molecule has 1 aromatic carbocycles. The number of ether oxygens (including phenoxy) is 4. The van der Waals surface area contributed by atoms with Gasteiger partial charge in [-0.3, -0.25) is 0 Å². The Bertz CT molecular complexity index is 460. The third kappa shape index (κ3) is 2.92. The highest BCUT2D eigenvalue weighted by atomic mass is 16.6. The van der Waals surface area contributed by atoms with Crippen molar-refractivity contribution in [1.82, 2.24) is 0 Å². The Morgan fingerprint density at radius 2 is 1.76 bits per heavy atom. The molecule has 0 saturated carbocycles. The molecule has 1 unspecified atom stereocenters. The minimum Gasteiger partial charge on any atom is -0.485 e. The smallest absolute Gasteiger partial charge is 0.151 e. The van der Waals surface area contributed by atoms with Crippen LogP contribution in [0.25, 0.3) is 0 Å². The topological polar surface area (TPSA) is 57.2 Å². The second kappa shape index (κ2) is 6.32. The number of methoxy groups -OCH3 is 1. The van der Waals surface area contributed by atoms with Crippen molar-refractivity contribution in [2.75, 3.05) is 20.3 Å². The molecule has 0 aromatic heterocycles. The summed E-state index contributed by atoms with van der Waals surface area (Å²) in [5, 5.41) is 9.79. The van der Waals surface area contributed by atoms with E-state index in [9.17, 15) is 5.11 Å². The average Bonchev–Trinajstić information content (AvgIpc) is 3.10. The van der Waals surface area contributed by atoms with Crippen molar-refractivity contribution < 1.29 is 24.1 Å². The van der Waals surface area contributed by atoms with E-state index in [1.165, 1.54) is 0 Å². The van der Waals surface area contributed by atoms with Crippen LogP contribution in [-0.2, 0) is 14.2 Å². The number of fused-ring (bicyclic) bond motifs is 1. The third-order valence-corrected chi connectivity index (χ3v) is 4.20. The maximum Gasteiger partial charge on any atom is 0.151 e. The zero-order valence-electron chi connectivity index (χ0n) is 12.4. The van der Waals surface area contributed by atoms with E-state index in [0.29, 0.717) is 19.6 Å². The van der Waals surface area contributed by atoms with Crippen LogP contribution in [0.5, 0.6) is 5.75 Å². The van der Waals surface area contributed by atoms with E-state index in [2.05, 4.69) is 0 Å². The summed E-state index contributed by atoms with van der Waals surface area (Å²) < 4.78 is 22.8. The molecule has 0 bridgehead atoms. The van der Waals surface area contributed by atoms with Crippen LogP contribution < -0.4 is 4.74 Å². The van der Waals surface area contributed by atoms with Gasteiger partial charge in [0.2, 0.25) is 0 Å². The largest absolute Gasteiger partial charge is 0.485 e. The summed E-state index contributed by atoms with van der Waals surface area (Å²) in [5.41, 5.74) is 0.905. The van der Waals surface area contributed by atoms with Gasteiger partial charge in [-0.1, -0.05) is 19.1 Å². The van der Waals surface area contributed by atoms with Gasteiger partial charge in [-0.2, -0.15) is 0 Å². The molecule has 1 N–H and O–H groups in total. The average molecular weight is 294 g/mol. The maximum absolute atomic E-state index is 9.79. The van der Waals surface area contributed by atoms with Gasteiger partial charge < -0.3 is 24.1 Å². The fourth-order valence-electron chi connectivity index (χ4n) is 2.91. The number of rotatable bonds is 5. The first-order chi connectivity index (χ1) is 10.2. The lowest BCUT2D eigenvalue weighted by atomic mass is 10.1. The lowest BCUT2D eigenvalue weighted by molar-refractivity contribution is -0.0138. The molecule has 2 aliphatic heterocycles. The van der Waals surface area contributed by atoms with Crippen LogP contribution in [0.15, 0.2) is 24.3 Å². The molecule has 3 rings (SSSR count). The molecule has 2 heterocycles. The predicted molar refractivity (Wildman–Crippen MR) is 76.4 cm³/mol. The quantitative estimate of drug-likeness (QED) is 0.895. The SMILES string of the molecule is CCC(O)c1ccc(O[C@@H]2CO[C@H]3[C@@H]2OC[C@H]3OC)cc1. The lowest BCUT2D eigenvalue weighted by Gasteiger charge is -2.18. The molecule has 2 saturated heterocycles. The molecule has 0 radical (unpaired) electrons. The van der Waals surface area contributed by atoms with Gasteiger partial charge >= 0.3 is 0 Å².